The maximum atomic E-state index is 11.1. The van der Waals surface area contributed by atoms with Crippen LogP contribution in [0.5, 0.6) is 0 Å². The Labute approximate surface area is 98.8 Å². The lowest BCUT2D eigenvalue weighted by atomic mass is 9.95. The van der Waals surface area contributed by atoms with Crippen molar-refractivity contribution in [2.75, 3.05) is 20.1 Å². The molecule has 3 nitrogen and oxygen atoms in total. The van der Waals surface area contributed by atoms with E-state index in [0.29, 0.717) is 6.54 Å². The minimum Gasteiger partial charge on any atom is -0.481 e. The van der Waals surface area contributed by atoms with Crippen LogP contribution < -0.4 is 0 Å². The molecule has 0 saturated heterocycles. The zero-order valence-electron chi connectivity index (χ0n) is 10.8. The van der Waals surface area contributed by atoms with E-state index in [0.717, 1.165) is 12.5 Å². The summed E-state index contributed by atoms with van der Waals surface area (Å²) in [5.41, 5.74) is 0. The summed E-state index contributed by atoms with van der Waals surface area (Å²) < 4.78 is 0. The molecule has 0 aromatic carbocycles. The molecule has 0 aromatic rings. The van der Waals surface area contributed by atoms with Crippen molar-refractivity contribution < 1.29 is 9.90 Å². The average Bonchev–Trinajstić information content (AvgIpc) is 2.65. The van der Waals surface area contributed by atoms with Gasteiger partial charge < -0.3 is 10.0 Å². The molecular formula is C13H25NO2. The van der Waals surface area contributed by atoms with Crippen LogP contribution >= 0.6 is 0 Å². The first kappa shape index (κ1) is 13.5. The maximum Gasteiger partial charge on any atom is 0.308 e. The van der Waals surface area contributed by atoms with Crippen molar-refractivity contribution in [2.45, 2.75) is 39.5 Å². The fourth-order valence-electron chi connectivity index (χ4n) is 2.62. The number of aliphatic carboxylic acids is 1. The molecule has 1 aliphatic carbocycles. The molecule has 1 fully saturated rings. The van der Waals surface area contributed by atoms with Crippen LogP contribution in [0.25, 0.3) is 0 Å². The van der Waals surface area contributed by atoms with Crippen LogP contribution in [0.15, 0.2) is 0 Å². The summed E-state index contributed by atoms with van der Waals surface area (Å²) in [7, 11) is 2.05. The zero-order chi connectivity index (χ0) is 12.1. The molecule has 0 aliphatic heterocycles. The molecule has 0 bridgehead atoms. The fourth-order valence-corrected chi connectivity index (χ4v) is 2.62. The Morgan fingerprint density at radius 2 is 1.94 bits per heavy atom. The van der Waals surface area contributed by atoms with Gasteiger partial charge in [-0.2, -0.15) is 0 Å². The van der Waals surface area contributed by atoms with Gasteiger partial charge in [0.05, 0.1) is 5.92 Å². The van der Waals surface area contributed by atoms with Crippen LogP contribution in [0, 0.1) is 17.8 Å². The van der Waals surface area contributed by atoms with Gasteiger partial charge in [0.15, 0.2) is 0 Å². The summed E-state index contributed by atoms with van der Waals surface area (Å²) in [4.78, 5) is 13.3. The molecule has 1 unspecified atom stereocenters. The van der Waals surface area contributed by atoms with E-state index in [2.05, 4.69) is 11.9 Å². The van der Waals surface area contributed by atoms with Crippen molar-refractivity contribution in [2.24, 2.45) is 17.8 Å². The van der Waals surface area contributed by atoms with Crippen molar-refractivity contribution >= 4 is 5.97 Å². The van der Waals surface area contributed by atoms with E-state index >= 15 is 0 Å². The van der Waals surface area contributed by atoms with E-state index in [1.165, 1.54) is 25.7 Å². The standard InChI is InChI=1S/C13H25NO2/c1-10(2)12(13(15)16)9-14(3)8-11-6-4-5-7-11/h10-12H,4-9H2,1-3H3,(H,15,16). The number of rotatable bonds is 6. The van der Waals surface area contributed by atoms with Crippen LogP contribution in [0.2, 0.25) is 0 Å². The third-order valence-electron chi connectivity index (χ3n) is 3.67. The number of carboxylic acid groups (broad SMARTS) is 1. The molecular weight excluding hydrogens is 202 g/mol. The Hall–Kier alpha value is -0.570. The highest BCUT2D eigenvalue weighted by atomic mass is 16.4. The zero-order valence-corrected chi connectivity index (χ0v) is 10.8. The van der Waals surface area contributed by atoms with E-state index < -0.39 is 5.97 Å². The van der Waals surface area contributed by atoms with Gasteiger partial charge in [-0.25, -0.2) is 0 Å². The van der Waals surface area contributed by atoms with Crippen molar-refractivity contribution in [1.82, 2.24) is 4.90 Å². The first-order chi connectivity index (χ1) is 7.50. The Bertz CT molecular complexity index is 222. The van der Waals surface area contributed by atoms with Crippen molar-refractivity contribution in [3.05, 3.63) is 0 Å². The molecule has 0 radical (unpaired) electrons. The Morgan fingerprint density at radius 1 is 1.38 bits per heavy atom. The Balaban J connectivity index is 2.35. The lowest BCUT2D eigenvalue weighted by Crippen LogP contribution is -2.35. The molecule has 1 aliphatic rings. The summed E-state index contributed by atoms with van der Waals surface area (Å²) in [5, 5.41) is 9.13. The van der Waals surface area contributed by atoms with E-state index in [4.69, 9.17) is 5.11 Å². The molecule has 1 saturated carbocycles. The van der Waals surface area contributed by atoms with Crippen LogP contribution in [-0.2, 0) is 4.79 Å². The predicted octanol–water partition coefficient (Wildman–Crippen LogP) is 2.47. The van der Waals surface area contributed by atoms with Crippen molar-refractivity contribution in [3.8, 4) is 0 Å². The largest absolute Gasteiger partial charge is 0.481 e. The van der Waals surface area contributed by atoms with E-state index in [-0.39, 0.29) is 11.8 Å². The second kappa shape index (κ2) is 6.24. The highest BCUT2D eigenvalue weighted by Crippen LogP contribution is 2.25. The lowest BCUT2D eigenvalue weighted by Gasteiger charge is -2.25. The fraction of sp³-hybridized carbons (Fsp3) is 0.923. The van der Waals surface area contributed by atoms with Gasteiger partial charge in [0.1, 0.15) is 0 Å². The van der Waals surface area contributed by atoms with Crippen molar-refractivity contribution in [3.63, 3.8) is 0 Å². The summed E-state index contributed by atoms with van der Waals surface area (Å²) in [6, 6.07) is 0. The third-order valence-corrected chi connectivity index (χ3v) is 3.67. The summed E-state index contributed by atoms with van der Waals surface area (Å²) >= 11 is 0. The van der Waals surface area contributed by atoms with Crippen molar-refractivity contribution in [1.29, 1.82) is 0 Å². The molecule has 0 amide bonds. The second-order valence-corrected chi connectivity index (χ2v) is 5.56. The minimum atomic E-state index is -0.659. The monoisotopic (exact) mass is 227 g/mol. The first-order valence-electron chi connectivity index (χ1n) is 6.42. The van der Waals surface area contributed by atoms with Crippen LogP contribution in [-0.4, -0.2) is 36.1 Å². The quantitative estimate of drug-likeness (QED) is 0.758. The molecule has 0 aromatic heterocycles. The summed E-state index contributed by atoms with van der Waals surface area (Å²) in [6.07, 6.45) is 5.35. The molecule has 0 heterocycles. The SMILES string of the molecule is CC(C)C(CN(C)CC1CCCC1)C(=O)O. The van der Waals surface area contributed by atoms with Gasteiger partial charge in [0.25, 0.3) is 0 Å². The van der Waals surface area contributed by atoms with Crippen LogP contribution in [0.1, 0.15) is 39.5 Å². The van der Waals surface area contributed by atoms with Gasteiger partial charge >= 0.3 is 5.97 Å². The molecule has 0 spiro atoms. The van der Waals surface area contributed by atoms with E-state index in [9.17, 15) is 4.79 Å². The molecule has 94 valence electrons. The van der Waals surface area contributed by atoms with Gasteiger partial charge in [0.2, 0.25) is 0 Å². The Morgan fingerprint density at radius 3 is 2.38 bits per heavy atom. The number of carbonyl (C=O) groups is 1. The van der Waals surface area contributed by atoms with Crippen LogP contribution in [0.3, 0.4) is 0 Å². The number of nitrogens with zero attached hydrogens (tertiary/aromatic N) is 1. The molecule has 3 heteroatoms. The molecule has 1 atom stereocenters. The van der Waals surface area contributed by atoms with E-state index in [1.807, 2.05) is 13.8 Å². The number of hydrogen-bond acceptors (Lipinski definition) is 2. The van der Waals surface area contributed by atoms with E-state index in [1.54, 1.807) is 0 Å². The topological polar surface area (TPSA) is 40.5 Å². The number of carboxylic acids is 1. The normalized spacial score (nSPS) is 19.6. The van der Waals surface area contributed by atoms with Gasteiger partial charge in [-0.3, -0.25) is 4.79 Å². The van der Waals surface area contributed by atoms with Crippen LogP contribution in [0.4, 0.5) is 0 Å². The first-order valence-corrected chi connectivity index (χ1v) is 6.42. The van der Waals surface area contributed by atoms with Gasteiger partial charge in [0, 0.05) is 13.1 Å². The smallest absolute Gasteiger partial charge is 0.308 e. The van der Waals surface area contributed by atoms with Gasteiger partial charge in [-0.05, 0) is 31.7 Å². The highest BCUT2D eigenvalue weighted by molar-refractivity contribution is 5.70. The highest BCUT2D eigenvalue weighted by Gasteiger charge is 2.24. The maximum absolute atomic E-state index is 11.1. The van der Waals surface area contributed by atoms with Gasteiger partial charge in [-0.15, -0.1) is 0 Å². The minimum absolute atomic E-state index is 0.212. The second-order valence-electron chi connectivity index (χ2n) is 5.56. The molecule has 1 rings (SSSR count). The lowest BCUT2D eigenvalue weighted by molar-refractivity contribution is -0.144. The average molecular weight is 227 g/mol. The molecule has 16 heavy (non-hydrogen) atoms. The summed E-state index contributed by atoms with van der Waals surface area (Å²) in [5.74, 6) is 0.120. The number of hydrogen-bond donors (Lipinski definition) is 1. The third kappa shape index (κ3) is 4.12. The van der Waals surface area contributed by atoms with Gasteiger partial charge in [-0.1, -0.05) is 26.7 Å². The predicted molar refractivity (Wildman–Crippen MR) is 65.4 cm³/mol. The summed E-state index contributed by atoms with van der Waals surface area (Å²) in [6.45, 7) is 5.73. The molecule has 1 N–H and O–H groups in total. The Kier molecular flexibility index (Phi) is 5.26.